The van der Waals surface area contributed by atoms with Gasteiger partial charge in [-0.2, -0.15) is 18.4 Å². The van der Waals surface area contributed by atoms with Crippen LogP contribution in [0.4, 0.5) is 24.7 Å². The predicted octanol–water partition coefficient (Wildman–Crippen LogP) is 5.41. The van der Waals surface area contributed by atoms with Gasteiger partial charge in [-0.3, -0.25) is 9.69 Å². The van der Waals surface area contributed by atoms with Crippen molar-refractivity contribution in [3.05, 3.63) is 89.2 Å². The summed E-state index contributed by atoms with van der Waals surface area (Å²) in [6.07, 6.45) is -1.34. The van der Waals surface area contributed by atoms with E-state index in [-0.39, 0.29) is 28.9 Å². The Kier molecular flexibility index (Phi) is 9.81. The van der Waals surface area contributed by atoms with Crippen molar-refractivity contribution in [1.82, 2.24) is 19.4 Å². The number of hydrogen-bond acceptors (Lipinski definition) is 10. The van der Waals surface area contributed by atoms with Crippen molar-refractivity contribution in [2.45, 2.75) is 50.2 Å². The lowest BCUT2D eigenvalue weighted by Gasteiger charge is -2.32. The number of fused-ring (bicyclic) bond motifs is 2. The molecule has 1 saturated heterocycles. The molecule has 1 fully saturated rings. The highest BCUT2D eigenvalue weighted by molar-refractivity contribution is 7.18. The highest BCUT2D eigenvalue weighted by Crippen LogP contribution is 2.35. The van der Waals surface area contributed by atoms with Crippen LogP contribution in [0, 0.1) is 11.3 Å². The summed E-state index contributed by atoms with van der Waals surface area (Å²) in [7, 11) is 0. The molecule has 5 aromatic rings. The second kappa shape index (κ2) is 14.1. The van der Waals surface area contributed by atoms with Gasteiger partial charge in [-0.25, -0.2) is 9.97 Å². The Morgan fingerprint density at radius 3 is 2.54 bits per heavy atom. The van der Waals surface area contributed by atoms with E-state index in [1.165, 1.54) is 12.4 Å². The Morgan fingerprint density at radius 2 is 1.88 bits per heavy atom. The van der Waals surface area contributed by atoms with Crippen molar-refractivity contribution in [1.29, 1.82) is 5.26 Å². The van der Waals surface area contributed by atoms with Crippen LogP contribution in [0.5, 0.6) is 5.75 Å². The summed E-state index contributed by atoms with van der Waals surface area (Å²) in [6, 6.07) is 15.1. The fourth-order valence-electron chi connectivity index (χ4n) is 6.26. The predicted molar refractivity (Wildman–Crippen MR) is 184 cm³/mol. The number of nitrogens with zero attached hydrogens (tertiary/aromatic N) is 5. The van der Waals surface area contributed by atoms with Crippen LogP contribution in [0.2, 0.25) is 0 Å². The van der Waals surface area contributed by atoms with E-state index in [1.54, 1.807) is 41.0 Å². The molecule has 0 spiro atoms. The standard InChI is InChI=1S/C35H34F3N7O4S/c1-2-31(48)42-24-5-3-23(4-6-24)34(49,19-46)18-45-26(16-39)12-21-11-22(30(47)14-29(21)45)17-44-9-7-25(8-10-44)43-32-28-13-27(15-35(36,37)38)50-33(28)41-20-40-32/h2-6,11-14,20,25,46-47,49H,1,7-10,15,17-19H2,(H,42,48)(H,40,41,43). The molecule has 2 aromatic carbocycles. The van der Waals surface area contributed by atoms with E-state index in [1.807, 2.05) is 6.07 Å². The molecule has 1 unspecified atom stereocenters. The fourth-order valence-corrected chi connectivity index (χ4v) is 7.29. The number of carbonyl (C=O) groups is 1. The number of thiophene rings is 1. The average Bonchev–Trinajstić information content (AvgIpc) is 3.65. The molecule has 0 saturated carbocycles. The summed E-state index contributed by atoms with van der Waals surface area (Å²) in [5.74, 6) is 0.145. The van der Waals surface area contributed by atoms with Gasteiger partial charge in [-0.05, 0) is 54.8 Å². The van der Waals surface area contributed by atoms with Crippen LogP contribution >= 0.6 is 11.3 Å². The fraction of sp³-hybridized carbons (Fsp3) is 0.314. The van der Waals surface area contributed by atoms with Crippen molar-refractivity contribution in [3.8, 4) is 11.8 Å². The molecule has 1 amide bonds. The van der Waals surface area contributed by atoms with E-state index in [0.717, 1.165) is 30.3 Å². The van der Waals surface area contributed by atoms with Crippen molar-refractivity contribution < 1.29 is 33.3 Å². The summed E-state index contributed by atoms with van der Waals surface area (Å²) in [5.41, 5.74) is 0.473. The Labute approximate surface area is 288 Å². The smallest absolute Gasteiger partial charge is 0.393 e. The minimum Gasteiger partial charge on any atom is -0.508 e. The normalized spacial score (nSPS) is 15.5. The lowest BCUT2D eigenvalue weighted by Crippen LogP contribution is -2.38. The molecule has 3 aromatic heterocycles. The third-order valence-electron chi connectivity index (χ3n) is 8.85. The van der Waals surface area contributed by atoms with Gasteiger partial charge in [0.1, 0.15) is 40.1 Å². The number of hydrogen-bond donors (Lipinski definition) is 5. The van der Waals surface area contributed by atoms with E-state index in [0.29, 0.717) is 63.4 Å². The van der Waals surface area contributed by atoms with Crippen LogP contribution in [0.15, 0.2) is 67.5 Å². The van der Waals surface area contributed by atoms with Gasteiger partial charge in [0.2, 0.25) is 5.91 Å². The quantitative estimate of drug-likeness (QED) is 0.113. The lowest BCUT2D eigenvalue weighted by molar-refractivity contribution is -0.126. The first-order valence-electron chi connectivity index (χ1n) is 15.8. The third-order valence-corrected chi connectivity index (χ3v) is 9.89. The first-order valence-corrected chi connectivity index (χ1v) is 16.6. The molecular formula is C35H34F3N7O4S. The zero-order valence-corrected chi connectivity index (χ0v) is 27.6. The number of halogens is 3. The number of likely N-dealkylation sites (tertiary alicyclic amines) is 1. The van der Waals surface area contributed by atoms with Crippen LogP contribution in [0.25, 0.3) is 21.1 Å². The zero-order chi connectivity index (χ0) is 35.6. The third kappa shape index (κ3) is 7.58. The number of alkyl halides is 3. The van der Waals surface area contributed by atoms with Gasteiger partial charge in [0, 0.05) is 53.3 Å². The van der Waals surface area contributed by atoms with Gasteiger partial charge in [-0.1, -0.05) is 18.7 Å². The maximum Gasteiger partial charge on any atom is 0.393 e. The number of carbonyl (C=O) groups excluding carboxylic acids is 1. The molecule has 5 N–H and O–H groups in total. The minimum atomic E-state index is -4.30. The van der Waals surface area contributed by atoms with Gasteiger partial charge >= 0.3 is 6.18 Å². The van der Waals surface area contributed by atoms with Crippen LogP contribution in [0.3, 0.4) is 0 Å². The van der Waals surface area contributed by atoms with Crippen molar-refractivity contribution in [3.63, 3.8) is 0 Å². The first-order chi connectivity index (χ1) is 23.9. The molecule has 6 rings (SSSR count). The molecule has 260 valence electrons. The van der Waals surface area contributed by atoms with Gasteiger partial charge in [0.25, 0.3) is 0 Å². The van der Waals surface area contributed by atoms with E-state index in [4.69, 9.17) is 0 Å². The monoisotopic (exact) mass is 705 g/mol. The van der Waals surface area contributed by atoms with E-state index >= 15 is 0 Å². The van der Waals surface area contributed by atoms with E-state index in [2.05, 4.69) is 38.1 Å². The molecule has 1 aliphatic rings. The number of benzene rings is 2. The second-order valence-electron chi connectivity index (χ2n) is 12.4. The van der Waals surface area contributed by atoms with Gasteiger partial charge in [0.05, 0.1) is 30.5 Å². The SMILES string of the molecule is C=CC(=O)Nc1ccc(C(O)(CO)Cn2c(C#N)cc3cc(CN4CCC(Nc5ncnc6sc(CC(F)(F)F)cc56)CC4)c(O)cc32)cc1. The number of aromatic hydroxyl groups is 1. The molecule has 0 bridgehead atoms. The molecule has 15 heteroatoms. The first kappa shape index (κ1) is 34.8. The van der Waals surface area contributed by atoms with Gasteiger partial charge in [-0.15, -0.1) is 11.3 Å². The van der Waals surface area contributed by atoms with E-state index in [9.17, 15) is 38.5 Å². The Balaban J connectivity index is 1.13. The maximum atomic E-state index is 12.9. The molecule has 1 aliphatic heterocycles. The summed E-state index contributed by atoms with van der Waals surface area (Å²) in [5, 5.41) is 50.1. The molecule has 50 heavy (non-hydrogen) atoms. The van der Waals surface area contributed by atoms with Crippen LogP contribution < -0.4 is 10.6 Å². The van der Waals surface area contributed by atoms with Crippen LogP contribution in [-0.2, 0) is 29.9 Å². The molecule has 1 atom stereocenters. The number of phenols is 1. The summed E-state index contributed by atoms with van der Waals surface area (Å²) >= 11 is 1.01. The second-order valence-corrected chi connectivity index (χ2v) is 13.5. The molecule has 0 radical (unpaired) electrons. The number of piperidine rings is 1. The Morgan fingerprint density at radius 1 is 1.14 bits per heavy atom. The van der Waals surface area contributed by atoms with Gasteiger partial charge in [0.15, 0.2) is 0 Å². The Hall–Kier alpha value is -5.01. The highest BCUT2D eigenvalue weighted by Gasteiger charge is 2.32. The summed E-state index contributed by atoms with van der Waals surface area (Å²) < 4.78 is 40.4. The molecular weight excluding hydrogens is 671 g/mol. The number of nitriles is 1. The molecule has 0 aliphatic carbocycles. The highest BCUT2D eigenvalue weighted by atomic mass is 32.1. The number of aliphatic hydroxyl groups excluding tert-OH is 1. The summed E-state index contributed by atoms with van der Waals surface area (Å²) in [6.45, 7) is 4.41. The van der Waals surface area contributed by atoms with Crippen molar-refractivity contribution in [2.75, 3.05) is 30.3 Å². The number of aromatic nitrogens is 3. The molecule has 4 heterocycles. The number of anilines is 2. The van der Waals surface area contributed by atoms with Crippen molar-refractivity contribution >= 4 is 49.9 Å². The Bertz CT molecular complexity index is 2080. The average molecular weight is 706 g/mol. The van der Waals surface area contributed by atoms with E-state index < -0.39 is 30.7 Å². The summed E-state index contributed by atoms with van der Waals surface area (Å²) in [4.78, 5) is 22.9. The number of aliphatic hydroxyl groups is 2. The van der Waals surface area contributed by atoms with Crippen molar-refractivity contribution in [2.24, 2.45) is 0 Å². The van der Waals surface area contributed by atoms with Crippen LogP contribution in [0.1, 0.15) is 34.5 Å². The maximum absolute atomic E-state index is 12.9. The van der Waals surface area contributed by atoms with Crippen LogP contribution in [-0.4, -0.2) is 72.6 Å². The number of phenolic OH excluding ortho intramolecular Hbond substituents is 1. The lowest BCUT2D eigenvalue weighted by atomic mass is 9.94. The number of rotatable bonds is 11. The van der Waals surface area contributed by atoms with Gasteiger partial charge < -0.3 is 30.5 Å². The molecule has 11 nitrogen and oxygen atoms in total. The number of nitrogens with one attached hydrogen (secondary N) is 2. The largest absolute Gasteiger partial charge is 0.508 e. The number of amides is 1. The minimum absolute atomic E-state index is 0.0203. The zero-order valence-electron chi connectivity index (χ0n) is 26.7. The topological polar surface area (TPSA) is 160 Å².